The minimum Gasteiger partial charge on any atom is -0.469 e. The van der Waals surface area contributed by atoms with E-state index in [9.17, 15) is 17.6 Å². The summed E-state index contributed by atoms with van der Waals surface area (Å²) in [6.07, 6.45) is 1.66. The zero-order chi connectivity index (χ0) is 23.2. The van der Waals surface area contributed by atoms with Crippen molar-refractivity contribution in [2.45, 2.75) is 51.0 Å². The predicted molar refractivity (Wildman–Crippen MR) is 120 cm³/mol. The molecule has 1 atom stereocenters. The van der Waals surface area contributed by atoms with E-state index in [4.69, 9.17) is 0 Å². The third kappa shape index (κ3) is 5.25. The molecule has 0 spiro atoms. The molecule has 0 fully saturated rings. The number of fused-ring (bicyclic) bond motifs is 2. The highest BCUT2D eigenvalue weighted by Gasteiger charge is 2.35. The van der Waals surface area contributed by atoms with E-state index < -0.39 is 21.9 Å². The van der Waals surface area contributed by atoms with Crippen molar-refractivity contribution < 1.29 is 22.3 Å². The van der Waals surface area contributed by atoms with Gasteiger partial charge in [0, 0.05) is 13.5 Å². The average Bonchev–Trinajstić information content (AvgIpc) is 2.83. The Morgan fingerprint density at radius 1 is 1.16 bits per heavy atom. The van der Waals surface area contributed by atoms with Crippen molar-refractivity contribution in [2.24, 2.45) is 0 Å². The Bertz CT molecular complexity index is 1020. The number of hydrogen-bond acceptors (Lipinski definition) is 5. The van der Waals surface area contributed by atoms with Gasteiger partial charge in [-0.3, -0.25) is 9.10 Å². The van der Waals surface area contributed by atoms with Crippen molar-refractivity contribution in [3.05, 3.63) is 58.9 Å². The van der Waals surface area contributed by atoms with Crippen LogP contribution in [0.4, 0.5) is 10.1 Å². The fourth-order valence-corrected chi connectivity index (χ4v) is 5.07. The molecule has 0 aliphatic carbocycles. The SMILES string of the molecule is CC.COC(=O)CCCCNC1c2ccccc2N(C)S(=O)(=O)c2cc(C)c(F)cc21. The molecular weight excluding hydrogens is 419 g/mol. The van der Waals surface area contributed by atoms with Crippen molar-refractivity contribution in [3.63, 3.8) is 0 Å². The van der Waals surface area contributed by atoms with E-state index in [1.54, 1.807) is 19.1 Å². The Labute approximate surface area is 184 Å². The van der Waals surface area contributed by atoms with Crippen LogP contribution in [0, 0.1) is 12.7 Å². The number of methoxy groups -OCH3 is 1. The summed E-state index contributed by atoms with van der Waals surface area (Å²) in [4.78, 5) is 11.4. The van der Waals surface area contributed by atoms with E-state index in [0.717, 1.165) is 5.56 Å². The molecule has 31 heavy (non-hydrogen) atoms. The first-order chi connectivity index (χ1) is 14.8. The van der Waals surface area contributed by atoms with Crippen LogP contribution < -0.4 is 9.62 Å². The van der Waals surface area contributed by atoms with Gasteiger partial charge in [0.1, 0.15) is 5.82 Å². The topological polar surface area (TPSA) is 75.7 Å². The molecule has 1 N–H and O–H groups in total. The second-order valence-corrected chi connectivity index (χ2v) is 9.03. The Kier molecular flexibility index (Phi) is 8.59. The molecule has 2 aromatic carbocycles. The van der Waals surface area contributed by atoms with E-state index in [1.807, 2.05) is 26.0 Å². The van der Waals surface area contributed by atoms with Gasteiger partial charge >= 0.3 is 5.97 Å². The molecule has 0 bridgehead atoms. The lowest BCUT2D eigenvalue weighted by molar-refractivity contribution is -0.140. The Morgan fingerprint density at radius 3 is 2.52 bits per heavy atom. The monoisotopic (exact) mass is 450 g/mol. The maximum atomic E-state index is 14.4. The number of carbonyl (C=O) groups excluding carboxylic acids is 1. The van der Waals surface area contributed by atoms with Gasteiger partial charge in [-0.15, -0.1) is 0 Å². The Hall–Kier alpha value is -2.45. The lowest BCUT2D eigenvalue weighted by Crippen LogP contribution is -2.26. The molecule has 1 aliphatic rings. The van der Waals surface area contributed by atoms with Gasteiger partial charge in [0.15, 0.2) is 0 Å². The van der Waals surface area contributed by atoms with Crippen LogP contribution in [-0.4, -0.2) is 35.1 Å². The van der Waals surface area contributed by atoms with Gasteiger partial charge in [0.2, 0.25) is 0 Å². The van der Waals surface area contributed by atoms with E-state index in [-0.39, 0.29) is 16.4 Å². The predicted octanol–water partition coefficient (Wildman–Crippen LogP) is 4.32. The number of carbonyl (C=O) groups is 1. The van der Waals surface area contributed by atoms with Gasteiger partial charge in [-0.25, -0.2) is 12.8 Å². The van der Waals surface area contributed by atoms with Crippen LogP contribution in [0.1, 0.15) is 55.8 Å². The first-order valence-corrected chi connectivity index (χ1v) is 11.9. The number of sulfonamides is 1. The molecule has 2 aromatic rings. The van der Waals surface area contributed by atoms with Gasteiger partial charge in [-0.1, -0.05) is 32.0 Å². The van der Waals surface area contributed by atoms with Crippen molar-refractivity contribution in [1.82, 2.24) is 5.32 Å². The van der Waals surface area contributed by atoms with Gasteiger partial charge in [-0.2, -0.15) is 0 Å². The Morgan fingerprint density at radius 2 is 1.84 bits per heavy atom. The summed E-state index contributed by atoms with van der Waals surface area (Å²) < 4.78 is 46.7. The van der Waals surface area contributed by atoms with Crippen molar-refractivity contribution in [1.29, 1.82) is 0 Å². The number of aryl methyl sites for hydroxylation is 1. The quantitative estimate of drug-likeness (QED) is 0.524. The van der Waals surface area contributed by atoms with Gasteiger partial charge in [0.05, 0.1) is 23.7 Å². The largest absolute Gasteiger partial charge is 0.469 e. The molecule has 1 aliphatic heterocycles. The average molecular weight is 451 g/mol. The van der Waals surface area contributed by atoms with Gasteiger partial charge in [0.25, 0.3) is 10.0 Å². The van der Waals surface area contributed by atoms with Crippen LogP contribution in [0.2, 0.25) is 0 Å². The maximum Gasteiger partial charge on any atom is 0.305 e. The normalized spacial score (nSPS) is 16.3. The second-order valence-electron chi connectivity index (χ2n) is 7.09. The molecular formula is C23H31FN2O4S. The summed E-state index contributed by atoms with van der Waals surface area (Å²) in [5.41, 5.74) is 1.98. The van der Waals surface area contributed by atoms with Crippen LogP contribution in [0.15, 0.2) is 41.3 Å². The first kappa shape index (κ1) is 24.8. The van der Waals surface area contributed by atoms with E-state index >= 15 is 0 Å². The van der Waals surface area contributed by atoms with Crippen LogP contribution in [0.5, 0.6) is 0 Å². The molecule has 1 unspecified atom stereocenters. The molecule has 0 saturated heterocycles. The van der Waals surface area contributed by atoms with Crippen LogP contribution >= 0.6 is 0 Å². The molecule has 170 valence electrons. The fraction of sp³-hybridized carbons (Fsp3) is 0.435. The zero-order valence-corrected chi connectivity index (χ0v) is 19.6. The van der Waals surface area contributed by atoms with E-state index in [2.05, 4.69) is 10.1 Å². The summed E-state index contributed by atoms with van der Waals surface area (Å²) >= 11 is 0. The minimum absolute atomic E-state index is 0.0992. The molecule has 0 aromatic heterocycles. The number of ether oxygens (including phenoxy) is 1. The summed E-state index contributed by atoms with van der Waals surface area (Å²) in [5.74, 6) is -0.709. The van der Waals surface area contributed by atoms with Crippen LogP contribution in [-0.2, 0) is 19.6 Å². The summed E-state index contributed by atoms with van der Waals surface area (Å²) in [5, 5.41) is 3.36. The smallest absolute Gasteiger partial charge is 0.305 e. The number of anilines is 1. The Balaban J connectivity index is 0.00000166. The zero-order valence-electron chi connectivity index (χ0n) is 18.7. The molecule has 3 rings (SSSR count). The second kappa shape index (κ2) is 10.7. The number of esters is 1. The number of para-hydroxylation sites is 1. The van der Waals surface area contributed by atoms with Gasteiger partial charge < -0.3 is 10.1 Å². The molecule has 1 heterocycles. The van der Waals surface area contributed by atoms with Crippen molar-refractivity contribution in [2.75, 3.05) is 25.0 Å². The van der Waals surface area contributed by atoms with Crippen molar-refractivity contribution in [3.8, 4) is 0 Å². The number of nitrogens with zero attached hydrogens (tertiary/aromatic N) is 1. The lowest BCUT2D eigenvalue weighted by Gasteiger charge is -2.22. The number of nitrogens with one attached hydrogen (secondary N) is 1. The number of benzene rings is 2. The standard InChI is InChI=1S/C21H25FN2O4S.C2H6/c1-14-12-19-16(13-17(14)22)21(23-11-7-6-10-20(25)28-3)15-8-4-5-9-18(15)24(2)29(19,26)27;1-2/h4-5,8-9,12-13,21,23H,6-7,10-11H2,1-3H3;1-2H3. The third-order valence-corrected chi connectivity index (χ3v) is 7.04. The molecule has 0 amide bonds. The maximum absolute atomic E-state index is 14.4. The molecule has 0 radical (unpaired) electrons. The van der Waals surface area contributed by atoms with E-state index in [1.165, 1.54) is 30.6 Å². The lowest BCUT2D eigenvalue weighted by atomic mass is 9.95. The highest BCUT2D eigenvalue weighted by Crippen LogP contribution is 2.40. The number of rotatable bonds is 6. The molecule has 0 saturated carbocycles. The minimum atomic E-state index is -3.83. The van der Waals surface area contributed by atoms with Crippen LogP contribution in [0.3, 0.4) is 0 Å². The highest BCUT2D eigenvalue weighted by atomic mass is 32.2. The first-order valence-electron chi connectivity index (χ1n) is 10.5. The van der Waals surface area contributed by atoms with Crippen molar-refractivity contribution >= 4 is 21.7 Å². The van der Waals surface area contributed by atoms with E-state index in [0.29, 0.717) is 37.1 Å². The number of unbranched alkanes of at least 4 members (excludes halogenated alkanes) is 1. The summed E-state index contributed by atoms with van der Waals surface area (Å²) in [6.45, 7) is 6.09. The fourth-order valence-electron chi connectivity index (χ4n) is 3.55. The van der Waals surface area contributed by atoms with Crippen LogP contribution in [0.25, 0.3) is 0 Å². The summed E-state index contributed by atoms with van der Waals surface area (Å²) in [7, 11) is -0.963. The number of hydrogen-bond donors (Lipinski definition) is 1. The third-order valence-electron chi connectivity index (χ3n) is 5.21. The molecule has 8 heteroatoms. The van der Waals surface area contributed by atoms with Gasteiger partial charge in [-0.05, 0) is 61.2 Å². The number of halogens is 1. The summed E-state index contributed by atoms with van der Waals surface area (Å²) in [6, 6.07) is 9.42. The highest BCUT2D eigenvalue weighted by molar-refractivity contribution is 7.92. The molecule has 6 nitrogen and oxygen atoms in total.